The highest BCUT2D eigenvalue weighted by molar-refractivity contribution is 5.75. The first-order chi connectivity index (χ1) is 5.83. The van der Waals surface area contributed by atoms with Crippen LogP contribution in [0.3, 0.4) is 0 Å². The van der Waals surface area contributed by atoms with Gasteiger partial charge in [-0.1, -0.05) is 89.5 Å². The fraction of sp³-hybridized carbons (Fsp3) is 1.00. The summed E-state index contributed by atoms with van der Waals surface area (Å²) in [5, 5.41) is 0. The van der Waals surface area contributed by atoms with Gasteiger partial charge in [-0.25, -0.2) is 0 Å². The molecular formula is C13H41BF. The summed E-state index contributed by atoms with van der Waals surface area (Å²) in [4.78, 5) is 0. The van der Waals surface area contributed by atoms with Crippen LogP contribution in [0.2, 0.25) is 0 Å². The van der Waals surface area contributed by atoms with Crippen LogP contribution in [-0.4, -0.2) is 8.41 Å². The maximum atomic E-state index is 2.12. The molecule has 15 heavy (non-hydrogen) atoms. The summed E-state index contributed by atoms with van der Waals surface area (Å²) in [6, 6.07) is 0. The second-order valence-electron chi connectivity index (χ2n) is 1.41. The van der Waals surface area contributed by atoms with Gasteiger partial charge in [-0.2, -0.15) is 0 Å². The lowest BCUT2D eigenvalue weighted by atomic mass is 10.6. The highest BCUT2D eigenvalue weighted by Gasteiger charge is 1.36. The highest BCUT2D eigenvalue weighted by Crippen LogP contribution is 1.56. The standard InChI is InChI=1S/2C3H8.3C2H6.CH4.B.FH.H2/c2*1-3-2;3*1-2;;;;/h2*3H2,1-2H3;3*1-2H3;1H4;;2*1H/i;;;;;;;;1+1. The molecule has 0 saturated carbocycles. The van der Waals surface area contributed by atoms with Crippen molar-refractivity contribution in [2.24, 2.45) is 0 Å². The lowest BCUT2D eigenvalue weighted by Crippen LogP contribution is -1.27. The average Bonchev–Trinajstić information content (AvgIpc) is 2.16. The highest BCUT2D eigenvalue weighted by atomic mass is 19.0. The van der Waals surface area contributed by atoms with Gasteiger partial charge in [0.1, 0.15) is 0 Å². The molecule has 0 atom stereocenters. The van der Waals surface area contributed by atoms with Crippen molar-refractivity contribution in [3.05, 3.63) is 0 Å². The van der Waals surface area contributed by atoms with E-state index in [2.05, 4.69) is 27.7 Å². The SMILES string of the molecule is C.CC.CC.CC.CCC.CCC.F.[2HH].[B]. The summed E-state index contributed by atoms with van der Waals surface area (Å²) >= 11 is 0. The first-order valence-electron chi connectivity index (χ1n) is 5.83. The predicted octanol–water partition coefficient (Wildman–Crippen LogP) is 6.57. The van der Waals surface area contributed by atoms with Crippen molar-refractivity contribution < 1.29 is 6.13 Å². The van der Waals surface area contributed by atoms with Crippen molar-refractivity contribution in [3.8, 4) is 0 Å². The van der Waals surface area contributed by atoms with Gasteiger partial charge in [0, 0.05) is 9.84 Å². The van der Waals surface area contributed by atoms with Gasteiger partial charge in [0.15, 0.2) is 0 Å². The van der Waals surface area contributed by atoms with Crippen LogP contribution >= 0.6 is 0 Å². The molecular weight excluding hydrogens is 186 g/mol. The monoisotopic (exact) mass is 228 g/mol. The second kappa shape index (κ2) is 594. The van der Waals surface area contributed by atoms with E-state index in [-0.39, 0.29) is 22.0 Å². The first kappa shape index (κ1) is 60.0. The summed E-state index contributed by atoms with van der Waals surface area (Å²) < 4.78 is 0. The lowest BCUT2D eigenvalue weighted by molar-refractivity contribution is 1.09. The van der Waals surface area contributed by atoms with E-state index in [0.717, 1.165) is 0 Å². The van der Waals surface area contributed by atoms with Crippen molar-refractivity contribution in [2.75, 3.05) is 0 Å². The number of rotatable bonds is 0. The molecule has 0 fully saturated rings. The first-order valence-corrected chi connectivity index (χ1v) is 5.83. The Morgan fingerprint density at radius 2 is 0.600 bits per heavy atom. The van der Waals surface area contributed by atoms with E-state index in [9.17, 15) is 0 Å². The smallest absolute Gasteiger partial charge is 0 e. The van der Waals surface area contributed by atoms with Crippen molar-refractivity contribution >= 4 is 8.41 Å². The van der Waals surface area contributed by atoms with Crippen molar-refractivity contribution in [1.82, 2.24) is 0 Å². The molecule has 0 aromatic rings. The van der Waals surface area contributed by atoms with Crippen LogP contribution in [0.5, 0.6) is 0 Å². The van der Waals surface area contributed by atoms with Gasteiger partial charge in [-0.15, -0.1) is 0 Å². The second-order valence-corrected chi connectivity index (χ2v) is 1.41. The number of hydrogen-bond donors (Lipinski definition) is 0. The molecule has 0 unspecified atom stereocenters. The largest absolute Gasteiger partial charge is 0.269 e. The van der Waals surface area contributed by atoms with Crippen LogP contribution in [0.25, 0.3) is 0 Å². The maximum Gasteiger partial charge on any atom is 0 e. The Labute approximate surface area is 105 Å². The molecule has 0 heterocycles. The summed E-state index contributed by atoms with van der Waals surface area (Å²) in [5.74, 6) is 0. The van der Waals surface area contributed by atoms with Gasteiger partial charge in [-0.05, 0) is 0 Å². The zero-order chi connectivity index (χ0) is 11.4. The van der Waals surface area contributed by atoms with Crippen LogP contribution in [-0.2, 0) is 0 Å². The summed E-state index contributed by atoms with van der Waals surface area (Å²) in [6.07, 6.45) is 2.50. The third-order valence-corrected chi connectivity index (χ3v) is 0. The number of halogens is 1. The molecule has 2 heteroatoms. The van der Waals surface area contributed by atoms with E-state index in [0.29, 0.717) is 0 Å². The Balaban J connectivity index is -0.00000000522. The zero-order valence-corrected chi connectivity index (χ0v) is 12.4. The maximum absolute atomic E-state index is 2.12. The molecule has 103 valence electrons. The van der Waals surface area contributed by atoms with Crippen molar-refractivity contribution in [1.29, 1.82) is 0 Å². The fourth-order valence-electron chi connectivity index (χ4n) is 0. The summed E-state index contributed by atoms with van der Waals surface area (Å²) in [6.45, 7) is 20.5. The molecule has 0 amide bonds. The molecule has 3 radical (unpaired) electrons. The van der Waals surface area contributed by atoms with Gasteiger partial charge in [0.05, 0.1) is 0 Å². The summed E-state index contributed by atoms with van der Waals surface area (Å²) in [5.41, 5.74) is 0. The third kappa shape index (κ3) is 78500000. The van der Waals surface area contributed by atoms with Gasteiger partial charge < -0.3 is 0 Å². The topological polar surface area (TPSA) is 0 Å². The van der Waals surface area contributed by atoms with Gasteiger partial charge in [-0.3, -0.25) is 4.70 Å². The van der Waals surface area contributed by atoms with E-state index >= 15 is 0 Å². The Kier molecular flexibility index (Phi) is 2380. The van der Waals surface area contributed by atoms with E-state index < -0.39 is 0 Å². The Bertz CT molecular complexity index is 17.9. The quantitative estimate of drug-likeness (QED) is 0.411. The molecule has 0 saturated heterocycles. The Hall–Kier alpha value is -0.00506. The minimum Gasteiger partial charge on any atom is -0.269 e. The molecule has 0 aliphatic carbocycles. The molecule has 0 N–H and O–H groups in total. The molecule has 0 aromatic heterocycles. The molecule has 0 spiro atoms. The average molecular weight is 228 g/mol. The predicted molar refractivity (Wildman–Crippen MR) is 83.1 cm³/mol. The Morgan fingerprint density at radius 1 is 0.600 bits per heavy atom. The number of hydrogen-bond acceptors (Lipinski definition) is 0. The zero-order valence-electron chi connectivity index (χ0n) is 12.4. The molecule has 0 aromatic carbocycles. The van der Waals surface area contributed by atoms with Crippen LogP contribution in [0.4, 0.5) is 4.70 Å². The van der Waals surface area contributed by atoms with Crippen LogP contribution in [0, 0.1) is 0 Å². The molecule has 0 aliphatic heterocycles. The molecule has 0 nitrogen and oxygen atoms in total. The van der Waals surface area contributed by atoms with Gasteiger partial charge >= 0.3 is 0 Å². The van der Waals surface area contributed by atoms with Crippen LogP contribution in [0.15, 0.2) is 0 Å². The van der Waals surface area contributed by atoms with Gasteiger partial charge in [0.25, 0.3) is 0 Å². The third-order valence-electron chi connectivity index (χ3n) is 0. The van der Waals surface area contributed by atoms with Crippen LogP contribution in [0.1, 0.15) is 90.9 Å². The minimum absolute atomic E-state index is 0. The van der Waals surface area contributed by atoms with E-state index in [4.69, 9.17) is 0 Å². The van der Waals surface area contributed by atoms with E-state index in [1.54, 1.807) is 0 Å². The lowest BCUT2D eigenvalue weighted by Gasteiger charge is -1.48. The Morgan fingerprint density at radius 3 is 0.600 bits per heavy atom. The van der Waals surface area contributed by atoms with Crippen molar-refractivity contribution in [3.63, 3.8) is 0 Å². The van der Waals surface area contributed by atoms with E-state index in [1.165, 1.54) is 12.8 Å². The summed E-state index contributed by atoms with van der Waals surface area (Å²) in [7, 11) is 0. The minimum atomic E-state index is 0. The van der Waals surface area contributed by atoms with Crippen molar-refractivity contribution in [2.45, 2.75) is 89.5 Å². The normalized spacial score (nSPS) is 3.60. The fourth-order valence-corrected chi connectivity index (χ4v) is 0. The molecule has 0 rings (SSSR count). The van der Waals surface area contributed by atoms with E-state index in [1.807, 2.05) is 41.5 Å². The molecule has 0 aliphatic rings. The molecule has 0 bridgehead atoms. The van der Waals surface area contributed by atoms with Crippen LogP contribution < -0.4 is 0 Å². The van der Waals surface area contributed by atoms with Gasteiger partial charge in [0.2, 0.25) is 0 Å².